The minimum absolute atomic E-state index is 0.134. The molecule has 1 aromatic heterocycles. The van der Waals surface area contributed by atoms with Crippen LogP contribution in [0.2, 0.25) is 0 Å². The summed E-state index contributed by atoms with van der Waals surface area (Å²) < 4.78 is 0. The van der Waals surface area contributed by atoms with Crippen LogP contribution in [0.4, 0.5) is 11.4 Å². The van der Waals surface area contributed by atoms with E-state index in [0.717, 1.165) is 46.9 Å². The summed E-state index contributed by atoms with van der Waals surface area (Å²) in [5, 5.41) is 3.00. The van der Waals surface area contributed by atoms with Crippen LogP contribution in [0.15, 0.2) is 42.5 Å². The van der Waals surface area contributed by atoms with Gasteiger partial charge in [-0.1, -0.05) is 6.07 Å². The molecule has 1 aliphatic rings. The average molecular weight is 346 g/mol. The molecule has 0 saturated carbocycles. The summed E-state index contributed by atoms with van der Waals surface area (Å²) in [5.41, 5.74) is 5.90. The summed E-state index contributed by atoms with van der Waals surface area (Å²) in [6.45, 7) is 6.03. The first kappa shape index (κ1) is 16.5. The van der Waals surface area contributed by atoms with Crippen molar-refractivity contribution in [2.45, 2.75) is 26.7 Å². The number of hydrogen-bond acceptors (Lipinski definition) is 4. The summed E-state index contributed by atoms with van der Waals surface area (Å²) in [4.78, 5) is 24.1. The van der Waals surface area contributed by atoms with Crippen molar-refractivity contribution < 1.29 is 4.79 Å². The molecule has 3 aromatic rings. The van der Waals surface area contributed by atoms with Gasteiger partial charge in [0, 0.05) is 30.0 Å². The molecule has 0 bridgehead atoms. The predicted octanol–water partition coefficient (Wildman–Crippen LogP) is 4.10. The summed E-state index contributed by atoms with van der Waals surface area (Å²) in [6.07, 6.45) is 2.46. The lowest BCUT2D eigenvalue weighted by atomic mass is 10.1. The molecule has 0 atom stereocenters. The number of amides is 1. The number of hydrogen-bond donors (Lipinski definition) is 1. The fourth-order valence-electron chi connectivity index (χ4n) is 3.33. The molecule has 1 amide bonds. The van der Waals surface area contributed by atoms with Gasteiger partial charge in [-0.25, -0.2) is 9.97 Å². The fourth-order valence-corrected chi connectivity index (χ4v) is 3.33. The number of aromatic nitrogens is 2. The van der Waals surface area contributed by atoms with Crippen LogP contribution in [-0.2, 0) is 0 Å². The normalized spacial score (nSPS) is 14.0. The number of rotatable bonds is 3. The minimum Gasteiger partial charge on any atom is -0.371 e. The number of nitrogens with one attached hydrogen (secondary N) is 1. The summed E-state index contributed by atoms with van der Waals surface area (Å²) in [6, 6.07) is 13.5. The van der Waals surface area contributed by atoms with Crippen molar-refractivity contribution in [3.05, 3.63) is 59.4 Å². The molecule has 132 valence electrons. The highest BCUT2D eigenvalue weighted by Gasteiger charge is 2.14. The first-order valence-corrected chi connectivity index (χ1v) is 9.01. The Labute approximate surface area is 153 Å². The lowest BCUT2D eigenvalue weighted by molar-refractivity contribution is 0.102. The zero-order valence-electron chi connectivity index (χ0n) is 15.1. The Hall–Kier alpha value is -2.95. The summed E-state index contributed by atoms with van der Waals surface area (Å²) >= 11 is 0. The average Bonchev–Trinajstić information content (AvgIpc) is 3.17. The summed E-state index contributed by atoms with van der Waals surface area (Å²) in [5.74, 6) is -0.134. The van der Waals surface area contributed by atoms with E-state index in [1.807, 2.05) is 38.1 Å². The standard InChI is InChI=1S/C21H22N4O/c1-14-15(2)23-20-12-16(8-9-19(20)22-14)21(26)24-17-6-5-7-18(13-17)25-10-3-4-11-25/h5-9,12-13H,3-4,10-11H2,1-2H3,(H,24,26). The molecular formula is C21H22N4O. The second-order valence-corrected chi connectivity index (χ2v) is 6.80. The molecule has 5 nitrogen and oxygen atoms in total. The van der Waals surface area contributed by atoms with Crippen LogP contribution in [0.5, 0.6) is 0 Å². The second kappa shape index (κ2) is 6.75. The molecule has 2 aromatic carbocycles. The van der Waals surface area contributed by atoms with Crippen LogP contribution in [0.1, 0.15) is 34.6 Å². The van der Waals surface area contributed by atoms with Gasteiger partial charge < -0.3 is 10.2 Å². The largest absolute Gasteiger partial charge is 0.371 e. The van der Waals surface area contributed by atoms with E-state index in [9.17, 15) is 4.79 Å². The Morgan fingerprint density at radius 3 is 2.46 bits per heavy atom. The molecule has 0 unspecified atom stereocenters. The first-order chi connectivity index (χ1) is 12.6. The number of carbonyl (C=O) groups excluding carboxylic acids is 1. The lowest BCUT2D eigenvalue weighted by Gasteiger charge is -2.18. The van der Waals surface area contributed by atoms with E-state index in [1.165, 1.54) is 12.8 Å². The van der Waals surface area contributed by atoms with Crippen molar-refractivity contribution in [1.29, 1.82) is 0 Å². The van der Waals surface area contributed by atoms with Gasteiger partial charge in [-0.05, 0) is 63.1 Å². The van der Waals surface area contributed by atoms with Crippen LogP contribution in [-0.4, -0.2) is 29.0 Å². The SMILES string of the molecule is Cc1nc2ccc(C(=O)Nc3cccc(N4CCCC4)c3)cc2nc1C. The topological polar surface area (TPSA) is 58.1 Å². The molecule has 0 spiro atoms. The smallest absolute Gasteiger partial charge is 0.255 e. The van der Waals surface area contributed by atoms with Crippen molar-refractivity contribution >= 4 is 28.3 Å². The van der Waals surface area contributed by atoms with Crippen molar-refractivity contribution in [3.63, 3.8) is 0 Å². The molecule has 4 rings (SSSR count). The van der Waals surface area contributed by atoms with Gasteiger partial charge in [0.2, 0.25) is 0 Å². The van der Waals surface area contributed by atoms with E-state index in [4.69, 9.17) is 0 Å². The van der Waals surface area contributed by atoms with Crippen LogP contribution in [0, 0.1) is 13.8 Å². The van der Waals surface area contributed by atoms with Crippen LogP contribution in [0.3, 0.4) is 0 Å². The molecule has 0 aliphatic carbocycles. The Kier molecular flexibility index (Phi) is 4.29. The molecule has 5 heteroatoms. The molecule has 2 heterocycles. The van der Waals surface area contributed by atoms with Crippen molar-refractivity contribution in [2.75, 3.05) is 23.3 Å². The van der Waals surface area contributed by atoms with Crippen molar-refractivity contribution in [3.8, 4) is 0 Å². The molecule has 1 fully saturated rings. The van der Waals surface area contributed by atoms with Crippen molar-refractivity contribution in [2.24, 2.45) is 0 Å². The van der Waals surface area contributed by atoms with E-state index in [1.54, 1.807) is 12.1 Å². The predicted molar refractivity (Wildman–Crippen MR) is 105 cm³/mol. The maximum absolute atomic E-state index is 12.7. The minimum atomic E-state index is -0.134. The monoisotopic (exact) mass is 346 g/mol. The Bertz CT molecular complexity index is 977. The van der Waals surface area contributed by atoms with E-state index < -0.39 is 0 Å². The van der Waals surface area contributed by atoms with Gasteiger partial charge in [-0.3, -0.25) is 4.79 Å². The molecule has 1 aliphatic heterocycles. The zero-order chi connectivity index (χ0) is 18.1. The third-order valence-corrected chi connectivity index (χ3v) is 4.91. The number of carbonyl (C=O) groups is 1. The number of benzene rings is 2. The molecule has 0 radical (unpaired) electrons. The van der Waals surface area contributed by atoms with E-state index in [2.05, 4.69) is 26.3 Å². The zero-order valence-corrected chi connectivity index (χ0v) is 15.1. The van der Waals surface area contributed by atoms with Gasteiger partial charge in [0.05, 0.1) is 22.4 Å². The Balaban J connectivity index is 1.57. The first-order valence-electron chi connectivity index (χ1n) is 9.01. The molecule has 1 saturated heterocycles. The van der Waals surface area contributed by atoms with E-state index in [-0.39, 0.29) is 5.91 Å². The molecule has 1 N–H and O–H groups in total. The van der Waals surface area contributed by atoms with Gasteiger partial charge in [0.25, 0.3) is 5.91 Å². The summed E-state index contributed by atoms with van der Waals surface area (Å²) in [7, 11) is 0. The third-order valence-electron chi connectivity index (χ3n) is 4.91. The third kappa shape index (κ3) is 3.25. The highest BCUT2D eigenvalue weighted by atomic mass is 16.1. The number of anilines is 2. The van der Waals surface area contributed by atoms with Crippen LogP contribution in [0.25, 0.3) is 11.0 Å². The highest BCUT2D eigenvalue weighted by Crippen LogP contribution is 2.24. The van der Waals surface area contributed by atoms with Gasteiger partial charge in [0.1, 0.15) is 0 Å². The van der Waals surface area contributed by atoms with Gasteiger partial charge in [0.15, 0.2) is 0 Å². The highest BCUT2D eigenvalue weighted by molar-refractivity contribution is 6.06. The maximum Gasteiger partial charge on any atom is 0.255 e. The quantitative estimate of drug-likeness (QED) is 0.776. The molecular weight excluding hydrogens is 324 g/mol. The Morgan fingerprint density at radius 1 is 0.962 bits per heavy atom. The fraction of sp³-hybridized carbons (Fsp3) is 0.286. The van der Waals surface area contributed by atoms with Crippen molar-refractivity contribution in [1.82, 2.24) is 9.97 Å². The van der Waals surface area contributed by atoms with E-state index >= 15 is 0 Å². The van der Waals surface area contributed by atoms with Crippen LogP contribution >= 0.6 is 0 Å². The lowest BCUT2D eigenvalue weighted by Crippen LogP contribution is -2.18. The second-order valence-electron chi connectivity index (χ2n) is 6.80. The molecule has 26 heavy (non-hydrogen) atoms. The van der Waals surface area contributed by atoms with Gasteiger partial charge in [-0.2, -0.15) is 0 Å². The maximum atomic E-state index is 12.7. The van der Waals surface area contributed by atoms with E-state index in [0.29, 0.717) is 5.56 Å². The van der Waals surface area contributed by atoms with Crippen LogP contribution < -0.4 is 10.2 Å². The number of fused-ring (bicyclic) bond motifs is 1. The van der Waals surface area contributed by atoms with Gasteiger partial charge >= 0.3 is 0 Å². The number of nitrogens with zero attached hydrogens (tertiary/aromatic N) is 3. The number of aryl methyl sites for hydroxylation is 2. The Morgan fingerprint density at radius 2 is 1.69 bits per heavy atom. The van der Waals surface area contributed by atoms with Gasteiger partial charge in [-0.15, -0.1) is 0 Å².